The summed E-state index contributed by atoms with van der Waals surface area (Å²) >= 11 is 0. The van der Waals surface area contributed by atoms with Gasteiger partial charge in [0, 0.05) is 5.56 Å². The van der Waals surface area contributed by atoms with Gasteiger partial charge in [-0.25, -0.2) is 0 Å². The lowest BCUT2D eigenvalue weighted by Crippen LogP contribution is -2.22. The third-order valence-corrected chi connectivity index (χ3v) is 3.17. The summed E-state index contributed by atoms with van der Waals surface area (Å²) < 4.78 is 5.21. The second-order valence-electron chi connectivity index (χ2n) is 4.54. The summed E-state index contributed by atoms with van der Waals surface area (Å²) in [6.45, 7) is 5.37. The fraction of sp³-hybridized carbons (Fsp3) is 0.375. The fourth-order valence-corrected chi connectivity index (χ4v) is 2.15. The number of furan rings is 1. The number of aryl methyl sites for hydroxylation is 1. The van der Waals surface area contributed by atoms with Crippen molar-refractivity contribution in [1.29, 1.82) is 0 Å². The van der Waals surface area contributed by atoms with Gasteiger partial charge in [-0.1, -0.05) is 38.1 Å². The molecule has 0 fully saturated rings. The minimum atomic E-state index is 0.232. The van der Waals surface area contributed by atoms with Crippen LogP contribution in [0.15, 0.2) is 47.3 Å². The standard InChI is InChI=1S/C16H21NO/c1-3-9-17-16(15-8-10-18-12-15)14-7-5-6-13(4-2)11-14/h5-8,10-12,16-17H,3-4,9H2,1-2H3. The molecule has 0 aliphatic heterocycles. The van der Waals surface area contributed by atoms with E-state index in [0.717, 1.165) is 19.4 Å². The van der Waals surface area contributed by atoms with Crippen LogP contribution in [0.5, 0.6) is 0 Å². The van der Waals surface area contributed by atoms with Crippen molar-refractivity contribution < 1.29 is 4.42 Å². The molecule has 0 saturated heterocycles. The summed E-state index contributed by atoms with van der Waals surface area (Å²) in [5.74, 6) is 0. The first-order valence-corrected chi connectivity index (χ1v) is 6.69. The Morgan fingerprint density at radius 3 is 2.72 bits per heavy atom. The second kappa shape index (κ2) is 6.41. The summed E-state index contributed by atoms with van der Waals surface area (Å²) in [7, 11) is 0. The topological polar surface area (TPSA) is 25.2 Å². The lowest BCUT2D eigenvalue weighted by atomic mass is 9.98. The van der Waals surface area contributed by atoms with Gasteiger partial charge in [-0.05, 0) is 36.6 Å². The Labute approximate surface area is 109 Å². The van der Waals surface area contributed by atoms with Crippen molar-refractivity contribution in [1.82, 2.24) is 5.32 Å². The van der Waals surface area contributed by atoms with Crippen molar-refractivity contribution in [2.45, 2.75) is 32.7 Å². The molecule has 1 aromatic heterocycles. The molecule has 1 N–H and O–H groups in total. The second-order valence-corrected chi connectivity index (χ2v) is 4.54. The van der Waals surface area contributed by atoms with Crippen LogP contribution in [0.25, 0.3) is 0 Å². The number of rotatable bonds is 6. The SMILES string of the molecule is CCCNC(c1ccoc1)c1cccc(CC)c1. The Hall–Kier alpha value is -1.54. The lowest BCUT2D eigenvalue weighted by molar-refractivity contribution is 0.548. The molecule has 2 rings (SSSR count). The van der Waals surface area contributed by atoms with Crippen molar-refractivity contribution in [2.75, 3.05) is 6.54 Å². The maximum atomic E-state index is 5.21. The summed E-state index contributed by atoms with van der Waals surface area (Å²) in [5, 5.41) is 3.58. The molecule has 0 aliphatic rings. The van der Waals surface area contributed by atoms with E-state index in [1.54, 1.807) is 6.26 Å². The van der Waals surface area contributed by atoms with E-state index < -0.39 is 0 Å². The van der Waals surface area contributed by atoms with Crippen LogP contribution in [0.4, 0.5) is 0 Å². The highest BCUT2D eigenvalue weighted by molar-refractivity contribution is 5.32. The van der Waals surface area contributed by atoms with Gasteiger partial charge >= 0.3 is 0 Å². The molecule has 0 aliphatic carbocycles. The van der Waals surface area contributed by atoms with Gasteiger partial charge in [0.05, 0.1) is 18.6 Å². The molecule has 2 aromatic rings. The van der Waals surface area contributed by atoms with Gasteiger partial charge in [0.1, 0.15) is 0 Å². The summed E-state index contributed by atoms with van der Waals surface area (Å²) in [4.78, 5) is 0. The van der Waals surface area contributed by atoms with E-state index in [4.69, 9.17) is 4.42 Å². The maximum Gasteiger partial charge on any atom is 0.0953 e. The molecule has 0 amide bonds. The smallest absolute Gasteiger partial charge is 0.0953 e. The normalized spacial score (nSPS) is 12.6. The Morgan fingerprint density at radius 1 is 1.17 bits per heavy atom. The Morgan fingerprint density at radius 2 is 2.06 bits per heavy atom. The number of nitrogens with one attached hydrogen (secondary N) is 1. The first-order valence-electron chi connectivity index (χ1n) is 6.69. The van der Waals surface area contributed by atoms with Gasteiger partial charge in [-0.15, -0.1) is 0 Å². The molecule has 18 heavy (non-hydrogen) atoms. The molecule has 0 saturated carbocycles. The largest absolute Gasteiger partial charge is 0.472 e. The first kappa shape index (κ1) is 12.9. The van der Waals surface area contributed by atoms with E-state index in [9.17, 15) is 0 Å². The van der Waals surface area contributed by atoms with Crippen LogP contribution in [0.2, 0.25) is 0 Å². The van der Waals surface area contributed by atoms with Gasteiger partial charge < -0.3 is 9.73 Å². The molecule has 0 spiro atoms. The molecule has 2 nitrogen and oxygen atoms in total. The van der Waals surface area contributed by atoms with Gasteiger partial charge in [0.25, 0.3) is 0 Å². The molecule has 0 bridgehead atoms. The summed E-state index contributed by atoms with van der Waals surface area (Å²) in [6, 6.07) is 11.0. The quantitative estimate of drug-likeness (QED) is 0.831. The van der Waals surface area contributed by atoms with Gasteiger partial charge in [-0.3, -0.25) is 0 Å². The Balaban J connectivity index is 2.27. The zero-order valence-electron chi connectivity index (χ0n) is 11.1. The van der Waals surface area contributed by atoms with Crippen molar-refractivity contribution in [2.24, 2.45) is 0 Å². The Kier molecular flexibility index (Phi) is 4.59. The highest BCUT2D eigenvalue weighted by Gasteiger charge is 2.14. The third kappa shape index (κ3) is 3.02. The van der Waals surface area contributed by atoms with E-state index in [1.165, 1.54) is 16.7 Å². The van der Waals surface area contributed by atoms with Crippen molar-refractivity contribution in [3.05, 3.63) is 59.5 Å². The number of hydrogen-bond acceptors (Lipinski definition) is 2. The zero-order chi connectivity index (χ0) is 12.8. The highest BCUT2D eigenvalue weighted by Crippen LogP contribution is 2.23. The van der Waals surface area contributed by atoms with Crippen LogP contribution in [-0.2, 0) is 6.42 Å². The van der Waals surface area contributed by atoms with Gasteiger partial charge in [0.2, 0.25) is 0 Å². The predicted molar refractivity (Wildman–Crippen MR) is 74.7 cm³/mol. The lowest BCUT2D eigenvalue weighted by Gasteiger charge is -2.18. The minimum Gasteiger partial charge on any atom is -0.472 e. The first-order chi connectivity index (χ1) is 8.85. The zero-order valence-corrected chi connectivity index (χ0v) is 11.1. The van der Waals surface area contributed by atoms with Crippen molar-refractivity contribution >= 4 is 0 Å². The molecular weight excluding hydrogens is 222 g/mol. The fourth-order valence-electron chi connectivity index (χ4n) is 2.15. The van der Waals surface area contributed by atoms with Crippen LogP contribution in [-0.4, -0.2) is 6.54 Å². The molecule has 1 heterocycles. The van der Waals surface area contributed by atoms with Crippen LogP contribution in [0.1, 0.15) is 43.0 Å². The monoisotopic (exact) mass is 243 g/mol. The van der Waals surface area contributed by atoms with Crippen LogP contribution < -0.4 is 5.32 Å². The Bertz CT molecular complexity index is 462. The number of benzene rings is 1. The molecule has 1 unspecified atom stereocenters. The molecular formula is C16H21NO. The summed E-state index contributed by atoms with van der Waals surface area (Å²) in [5.41, 5.74) is 3.88. The van der Waals surface area contributed by atoms with E-state index in [0.29, 0.717) is 0 Å². The van der Waals surface area contributed by atoms with E-state index >= 15 is 0 Å². The van der Waals surface area contributed by atoms with Gasteiger partial charge in [0.15, 0.2) is 0 Å². The summed E-state index contributed by atoms with van der Waals surface area (Å²) in [6.07, 6.45) is 5.76. The molecule has 1 atom stereocenters. The van der Waals surface area contributed by atoms with Crippen LogP contribution >= 0.6 is 0 Å². The van der Waals surface area contributed by atoms with Crippen LogP contribution in [0.3, 0.4) is 0 Å². The molecule has 1 aromatic carbocycles. The predicted octanol–water partition coefficient (Wildman–Crippen LogP) is 3.93. The molecule has 0 radical (unpaired) electrons. The van der Waals surface area contributed by atoms with Gasteiger partial charge in [-0.2, -0.15) is 0 Å². The number of hydrogen-bond donors (Lipinski definition) is 1. The average Bonchev–Trinajstić information content (AvgIpc) is 2.93. The van der Waals surface area contributed by atoms with Crippen LogP contribution in [0, 0.1) is 0 Å². The van der Waals surface area contributed by atoms with E-state index in [-0.39, 0.29) is 6.04 Å². The molecule has 2 heteroatoms. The van der Waals surface area contributed by atoms with Crippen molar-refractivity contribution in [3.8, 4) is 0 Å². The maximum absolute atomic E-state index is 5.21. The minimum absolute atomic E-state index is 0.232. The van der Waals surface area contributed by atoms with Crippen molar-refractivity contribution in [3.63, 3.8) is 0 Å². The van der Waals surface area contributed by atoms with E-state index in [2.05, 4.69) is 43.4 Å². The highest BCUT2D eigenvalue weighted by atomic mass is 16.3. The average molecular weight is 243 g/mol. The van der Waals surface area contributed by atoms with E-state index in [1.807, 2.05) is 12.3 Å². The molecule has 96 valence electrons. The third-order valence-electron chi connectivity index (χ3n) is 3.17.